The molecular formula is C21H17N7O2. The Morgan fingerprint density at radius 2 is 1.93 bits per heavy atom. The van der Waals surface area contributed by atoms with Crippen molar-refractivity contribution >= 4 is 29.2 Å². The van der Waals surface area contributed by atoms with Crippen molar-refractivity contribution in [1.82, 2.24) is 15.2 Å². The van der Waals surface area contributed by atoms with Gasteiger partial charge in [0.15, 0.2) is 0 Å². The van der Waals surface area contributed by atoms with Crippen LogP contribution in [0.3, 0.4) is 0 Å². The fourth-order valence-electron chi connectivity index (χ4n) is 2.69. The Hall–Kier alpha value is -4.63. The molecule has 0 aliphatic rings. The van der Waals surface area contributed by atoms with Crippen LogP contribution in [0.4, 0.5) is 23.1 Å². The van der Waals surface area contributed by atoms with E-state index in [0.29, 0.717) is 22.7 Å². The number of nitrogens with zero attached hydrogens (tertiary/aromatic N) is 4. The summed E-state index contributed by atoms with van der Waals surface area (Å²) in [6, 6.07) is 14.2. The Bertz CT molecular complexity index is 1230. The summed E-state index contributed by atoms with van der Waals surface area (Å²) in [4.78, 5) is 16.3. The Balaban J connectivity index is 1.89. The van der Waals surface area contributed by atoms with Gasteiger partial charge in [-0.15, -0.1) is 5.10 Å². The van der Waals surface area contributed by atoms with Crippen LogP contribution < -0.4 is 20.9 Å². The van der Waals surface area contributed by atoms with E-state index in [1.807, 2.05) is 25.1 Å². The van der Waals surface area contributed by atoms with E-state index in [9.17, 15) is 4.79 Å². The maximum atomic E-state index is 12.1. The van der Waals surface area contributed by atoms with Crippen LogP contribution in [-0.2, 0) is 0 Å². The third-order valence-electron chi connectivity index (χ3n) is 4.10. The Labute approximate surface area is 172 Å². The minimum absolute atomic E-state index is 0.0439. The van der Waals surface area contributed by atoms with Gasteiger partial charge in [-0.2, -0.15) is 15.5 Å². The second-order valence-electron chi connectivity index (χ2n) is 6.15. The number of allylic oxidation sites excluding steroid dienone is 1. The van der Waals surface area contributed by atoms with E-state index in [4.69, 9.17) is 15.3 Å². The van der Waals surface area contributed by atoms with E-state index >= 15 is 0 Å². The highest BCUT2D eigenvalue weighted by Gasteiger charge is 2.12. The number of rotatable bonds is 6. The molecule has 2 aromatic carbocycles. The van der Waals surface area contributed by atoms with Gasteiger partial charge in [0.1, 0.15) is 5.75 Å². The monoisotopic (exact) mass is 399 g/mol. The fourth-order valence-corrected chi connectivity index (χ4v) is 2.69. The molecule has 148 valence electrons. The van der Waals surface area contributed by atoms with Crippen LogP contribution in [0.1, 0.15) is 16.7 Å². The van der Waals surface area contributed by atoms with Gasteiger partial charge >= 0.3 is 5.56 Å². The number of aryl methyl sites for hydroxylation is 1. The highest BCUT2D eigenvalue weighted by molar-refractivity contribution is 5.71. The summed E-state index contributed by atoms with van der Waals surface area (Å²) >= 11 is 0. The van der Waals surface area contributed by atoms with Crippen LogP contribution in [0.2, 0.25) is 0 Å². The standard InChI is InChI=1S/C21H17N7O2/c1-13-10-15(4-3-9-22)11-17(30-2)18(13)25-21-26-19(20(29)27-28-21)24-16-7-5-14(12-23)6-8-16/h3-8,10-11H,1-2H3,(H,27,29)(H2,24,25,26,28). The van der Waals surface area contributed by atoms with Crippen LogP contribution in [0.15, 0.2) is 47.3 Å². The molecule has 0 bridgehead atoms. The molecule has 1 heterocycles. The topological polar surface area (TPSA) is 140 Å². The quantitative estimate of drug-likeness (QED) is 0.536. The smallest absolute Gasteiger partial charge is 0.307 e. The van der Waals surface area contributed by atoms with Crippen molar-refractivity contribution in [3.8, 4) is 17.9 Å². The van der Waals surface area contributed by atoms with Crippen LogP contribution in [0.25, 0.3) is 6.08 Å². The maximum absolute atomic E-state index is 12.1. The number of benzene rings is 2. The number of methoxy groups -OCH3 is 1. The van der Waals surface area contributed by atoms with Gasteiger partial charge in [-0.25, -0.2) is 5.10 Å². The van der Waals surface area contributed by atoms with Crippen molar-refractivity contribution in [2.45, 2.75) is 6.92 Å². The Kier molecular flexibility index (Phi) is 6.06. The van der Waals surface area contributed by atoms with Crippen molar-refractivity contribution in [1.29, 1.82) is 10.5 Å². The minimum atomic E-state index is -0.495. The van der Waals surface area contributed by atoms with Crippen LogP contribution in [0, 0.1) is 29.6 Å². The van der Waals surface area contributed by atoms with Gasteiger partial charge in [0, 0.05) is 11.8 Å². The van der Waals surface area contributed by atoms with Crippen LogP contribution in [-0.4, -0.2) is 22.3 Å². The largest absolute Gasteiger partial charge is 0.495 e. The van der Waals surface area contributed by atoms with E-state index in [1.54, 1.807) is 36.4 Å². The highest BCUT2D eigenvalue weighted by Crippen LogP contribution is 2.32. The van der Waals surface area contributed by atoms with Crippen molar-refractivity contribution in [3.63, 3.8) is 0 Å². The zero-order valence-electron chi connectivity index (χ0n) is 16.2. The lowest BCUT2D eigenvalue weighted by Crippen LogP contribution is -2.17. The van der Waals surface area contributed by atoms with Gasteiger partial charge in [-0.1, -0.05) is 0 Å². The molecule has 30 heavy (non-hydrogen) atoms. The number of aromatic nitrogens is 3. The molecule has 0 fully saturated rings. The molecule has 0 radical (unpaired) electrons. The molecule has 0 aliphatic carbocycles. The second kappa shape index (κ2) is 9.04. The van der Waals surface area contributed by atoms with Crippen LogP contribution >= 0.6 is 0 Å². The van der Waals surface area contributed by atoms with Gasteiger partial charge < -0.3 is 15.4 Å². The number of H-pyrrole nitrogens is 1. The second-order valence-corrected chi connectivity index (χ2v) is 6.15. The first-order chi connectivity index (χ1) is 14.5. The number of aromatic amines is 1. The summed E-state index contributed by atoms with van der Waals surface area (Å²) < 4.78 is 5.44. The summed E-state index contributed by atoms with van der Waals surface area (Å²) in [5.41, 5.74) is 2.89. The number of hydrogen-bond donors (Lipinski definition) is 3. The lowest BCUT2D eigenvalue weighted by Gasteiger charge is -2.14. The van der Waals surface area contributed by atoms with Crippen molar-refractivity contribution in [2.24, 2.45) is 0 Å². The lowest BCUT2D eigenvalue weighted by molar-refractivity contribution is 0.416. The number of anilines is 4. The van der Waals surface area contributed by atoms with Gasteiger partial charge in [-0.3, -0.25) is 4.79 Å². The van der Waals surface area contributed by atoms with E-state index < -0.39 is 5.56 Å². The molecule has 9 nitrogen and oxygen atoms in total. The van der Waals surface area contributed by atoms with Crippen molar-refractivity contribution in [3.05, 3.63) is 69.5 Å². The molecular weight excluding hydrogens is 382 g/mol. The fraction of sp³-hybridized carbons (Fsp3) is 0.0952. The average molecular weight is 399 g/mol. The maximum Gasteiger partial charge on any atom is 0.307 e. The minimum Gasteiger partial charge on any atom is -0.495 e. The van der Waals surface area contributed by atoms with Crippen molar-refractivity contribution in [2.75, 3.05) is 17.7 Å². The summed E-state index contributed by atoms with van der Waals surface area (Å²) in [6.45, 7) is 1.87. The van der Waals surface area contributed by atoms with E-state index in [2.05, 4.69) is 25.8 Å². The summed E-state index contributed by atoms with van der Waals surface area (Å²) in [6.07, 6.45) is 3.06. The van der Waals surface area contributed by atoms with E-state index in [0.717, 1.165) is 11.1 Å². The zero-order valence-corrected chi connectivity index (χ0v) is 16.2. The molecule has 0 spiro atoms. The van der Waals surface area contributed by atoms with Gasteiger partial charge in [0.2, 0.25) is 11.8 Å². The van der Waals surface area contributed by atoms with Gasteiger partial charge in [-0.05, 0) is 60.5 Å². The van der Waals surface area contributed by atoms with Crippen molar-refractivity contribution < 1.29 is 4.74 Å². The first-order valence-electron chi connectivity index (χ1n) is 8.79. The molecule has 0 amide bonds. The first-order valence-corrected chi connectivity index (χ1v) is 8.79. The Morgan fingerprint density at radius 3 is 2.60 bits per heavy atom. The number of ether oxygens (including phenoxy) is 1. The molecule has 3 rings (SSSR count). The average Bonchev–Trinajstić information content (AvgIpc) is 2.76. The third-order valence-corrected chi connectivity index (χ3v) is 4.10. The molecule has 0 unspecified atom stereocenters. The number of hydrogen-bond acceptors (Lipinski definition) is 8. The van der Waals surface area contributed by atoms with Crippen LogP contribution in [0.5, 0.6) is 5.75 Å². The SMILES string of the molecule is COc1cc(C=CC#N)cc(C)c1Nc1n[nH]c(=O)c(Nc2ccc(C#N)cc2)n1. The van der Waals surface area contributed by atoms with E-state index in [1.165, 1.54) is 13.2 Å². The summed E-state index contributed by atoms with van der Waals surface area (Å²) in [5.74, 6) is 0.735. The molecule has 3 aromatic rings. The normalized spacial score (nSPS) is 10.3. The number of nitriles is 2. The molecule has 0 aliphatic heterocycles. The van der Waals surface area contributed by atoms with Gasteiger partial charge in [0.25, 0.3) is 0 Å². The summed E-state index contributed by atoms with van der Waals surface area (Å²) in [7, 11) is 1.53. The molecule has 1 aromatic heterocycles. The van der Waals surface area contributed by atoms with Gasteiger partial charge in [0.05, 0.1) is 30.5 Å². The molecule has 3 N–H and O–H groups in total. The molecule has 0 saturated carbocycles. The predicted octanol–water partition coefficient (Wildman–Crippen LogP) is 3.38. The molecule has 9 heteroatoms. The highest BCUT2D eigenvalue weighted by atomic mass is 16.5. The molecule has 0 saturated heterocycles. The predicted molar refractivity (Wildman–Crippen MR) is 113 cm³/mol. The lowest BCUT2D eigenvalue weighted by atomic mass is 10.1. The molecule has 0 atom stereocenters. The Morgan fingerprint density at radius 1 is 1.17 bits per heavy atom. The summed E-state index contributed by atoms with van der Waals surface area (Å²) in [5, 5.41) is 29.9. The zero-order chi connectivity index (χ0) is 21.5. The number of nitrogens with one attached hydrogen (secondary N) is 3. The van der Waals surface area contributed by atoms with E-state index in [-0.39, 0.29) is 11.8 Å². The third kappa shape index (κ3) is 4.61. The first kappa shape index (κ1) is 20.1.